The molecule has 0 amide bonds. The quantitative estimate of drug-likeness (QED) is 0.706. The number of pyridine rings is 1. The van der Waals surface area contributed by atoms with Crippen LogP contribution in [0.25, 0.3) is 21.1 Å². The standard InChI is InChI=1S/C14H12FN3O3S/c1-21-12-9(16)7(15)4-6-10(12)18(5-2-3-5)14-8(11(6)19)13(20)17-22-14/h4-5H,2-3,16H2,1H3,(H,17,20). The number of methoxy groups -OCH3 is 1. The predicted molar refractivity (Wildman–Crippen MR) is 83.4 cm³/mol. The van der Waals surface area contributed by atoms with Crippen molar-refractivity contribution in [1.29, 1.82) is 0 Å². The highest BCUT2D eigenvalue weighted by Gasteiger charge is 2.31. The average Bonchev–Trinajstić information content (AvgIpc) is 3.25. The molecule has 3 aromatic rings. The summed E-state index contributed by atoms with van der Waals surface area (Å²) in [6, 6.07) is 1.25. The van der Waals surface area contributed by atoms with Crippen molar-refractivity contribution in [2.75, 3.05) is 12.8 Å². The van der Waals surface area contributed by atoms with E-state index in [1.54, 1.807) is 0 Å². The molecule has 0 radical (unpaired) electrons. The van der Waals surface area contributed by atoms with Crippen LogP contribution in [0.4, 0.5) is 10.1 Å². The Bertz CT molecular complexity index is 1050. The molecule has 1 fully saturated rings. The first-order chi connectivity index (χ1) is 10.5. The Morgan fingerprint density at radius 1 is 1.45 bits per heavy atom. The van der Waals surface area contributed by atoms with E-state index in [2.05, 4.69) is 4.37 Å². The molecule has 22 heavy (non-hydrogen) atoms. The van der Waals surface area contributed by atoms with Gasteiger partial charge in [-0.2, -0.15) is 0 Å². The van der Waals surface area contributed by atoms with E-state index < -0.39 is 16.8 Å². The van der Waals surface area contributed by atoms with Gasteiger partial charge in [0.15, 0.2) is 11.6 Å². The summed E-state index contributed by atoms with van der Waals surface area (Å²) in [5.41, 5.74) is 5.14. The molecule has 6 nitrogen and oxygen atoms in total. The minimum Gasteiger partial charge on any atom is -0.492 e. The number of nitrogen functional groups attached to an aromatic ring is 1. The van der Waals surface area contributed by atoms with Crippen molar-refractivity contribution >= 4 is 38.3 Å². The summed E-state index contributed by atoms with van der Waals surface area (Å²) in [5.74, 6) is -0.587. The van der Waals surface area contributed by atoms with Gasteiger partial charge in [0.1, 0.15) is 15.9 Å². The molecule has 0 saturated heterocycles. The van der Waals surface area contributed by atoms with Gasteiger partial charge < -0.3 is 15.0 Å². The van der Waals surface area contributed by atoms with Crippen molar-refractivity contribution in [3.8, 4) is 5.75 Å². The van der Waals surface area contributed by atoms with Gasteiger partial charge in [-0.25, -0.2) is 4.39 Å². The second-order valence-electron chi connectivity index (χ2n) is 5.35. The molecule has 1 aromatic carbocycles. The van der Waals surface area contributed by atoms with Gasteiger partial charge in [0.05, 0.1) is 18.0 Å². The van der Waals surface area contributed by atoms with Crippen LogP contribution in [0.3, 0.4) is 0 Å². The largest absolute Gasteiger partial charge is 0.492 e. The number of hydrogen-bond acceptors (Lipinski definition) is 5. The van der Waals surface area contributed by atoms with E-state index in [9.17, 15) is 14.0 Å². The number of H-pyrrole nitrogens is 1. The minimum absolute atomic E-state index is 0.0654. The number of aromatic nitrogens is 2. The predicted octanol–water partition coefficient (Wildman–Crippen LogP) is 1.97. The number of halogens is 1. The molecule has 1 aliphatic carbocycles. The first-order valence-corrected chi connectivity index (χ1v) is 7.57. The normalized spacial score (nSPS) is 14.8. The zero-order valence-corrected chi connectivity index (χ0v) is 12.4. The third-order valence-electron chi connectivity index (χ3n) is 3.97. The summed E-state index contributed by atoms with van der Waals surface area (Å²) in [4.78, 5) is 25.1. The Balaban J connectivity index is 2.37. The summed E-state index contributed by atoms with van der Waals surface area (Å²) >= 11 is 1.10. The summed E-state index contributed by atoms with van der Waals surface area (Å²) < 4.78 is 23.7. The first kappa shape index (κ1) is 13.3. The number of nitrogens with one attached hydrogen (secondary N) is 1. The fraction of sp³-hybridized carbons (Fsp3) is 0.286. The molecular weight excluding hydrogens is 309 g/mol. The van der Waals surface area contributed by atoms with Crippen LogP contribution in [0.2, 0.25) is 0 Å². The number of nitrogens with two attached hydrogens (primary N) is 1. The molecule has 0 spiro atoms. The molecule has 4 rings (SSSR count). The highest BCUT2D eigenvalue weighted by Crippen LogP contribution is 2.43. The minimum atomic E-state index is -0.727. The van der Waals surface area contributed by atoms with Crippen molar-refractivity contribution in [2.45, 2.75) is 18.9 Å². The molecule has 3 N–H and O–H groups in total. The number of anilines is 1. The molecule has 114 valence electrons. The molecule has 1 saturated carbocycles. The number of ether oxygens (including phenoxy) is 1. The van der Waals surface area contributed by atoms with Crippen LogP contribution >= 0.6 is 11.5 Å². The topological polar surface area (TPSA) is 90.1 Å². The Morgan fingerprint density at radius 2 is 2.18 bits per heavy atom. The van der Waals surface area contributed by atoms with Crippen LogP contribution in [-0.4, -0.2) is 16.1 Å². The lowest BCUT2D eigenvalue weighted by Gasteiger charge is -2.16. The molecule has 0 bridgehead atoms. The van der Waals surface area contributed by atoms with Gasteiger partial charge in [-0.3, -0.25) is 14.0 Å². The van der Waals surface area contributed by atoms with E-state index in [0.29, 0.717) is 10.3 Å². The van der Waals surface area contributed by atoms with E-state index in [1.807, 2.05) is 4.57 Å². The van der Waals surface area contributed by atoms with Crippen LogP contribution < -0.4 is 21.5 Å². The summed E-state index contributed by atoms with van der Waals surface area (Å²) in [7, 11) is 1.38. The Kier molecular flexibility index (Phi) is 2.62. The zero-order valence-electron chi connectivity index (χ0n) is 11.6. The summed E-state index contributed by atoms with van der Waals surface area (Å²) in [6.07, 6.45) is 1.86. The highest BCUT2D eigenvalue weighted by atomic mass is 32.1. The van der Waals surface area contributed by atoms with Crippen molar-refractivity contribution in [3.05, 3.63) is 32.5 Å². The number of fused-ring (bicyclic) bond motifs is 2. The van der Waals surface area contributed by atoms with Crippen LogP contribution in [-0.2, 0) is 0 Å². The second kappa shape index (κ2) is 4.33. The van der Waals surface area contributed by atoms with E-state index in [-0.39, 0.29) is 28.3 Å². The maximum atomic E-state index is 14.0. The number of rotatable bonds is 2. The molecule has 2 heterocycles. The molecule has 0 aliphatic heterocycles. The smallest absolute Gasteiger partial charge is 0.271 e. The molecule has 8 heteroatoms. The lowest BCUT2D eigenvalue weighted by atomic mass is 10.1. The van der Waals surface area contributed by atoms with Crippen molar-refractivity contribution < 1.29 is 9.13 Å². The van der Waals surface area contributed by atoms with Gasteiger partial charge in [0, 0.05) is 6.04 Å². The Labute approximate surface area is 127 Å². The lowest BCUT2D eigenvalue weighted by Crippen LogP contribution is -2.16. The van der Waals surface area contributed by atoms with E-state index in [1.165, 1.54) is 7.11 Å². The van der Waals surface area contributed by atoms with Crippen LogP contribution in [0.1, 0.15) is 18.9 Å². The monoisotopic (exact) mass is 321 g/mol. The van der Waals surface area contributed by atoms with Gasteiger partial charge in [0.2, 0.25) is 5.43 Å². The van der Waals surface area contributed by atoms with Gasteiger partial charge >= 0.3 is 0 Å². The molecule has 2 aromatic heterocycles. The zero-order chi connectivity index (χ0) is 15.6. The fourth-order valence-corrected chi connectivity index (χ4v) is 3.75. The lowest BCUT2D eigenvalue weighted by molar-refractivity contribution is 0.417. The van der Waals surface area contributed by atoms with E-state index in [4.69, 9.17) is 10.5 Å². The van der Waals surface area contributed by atoms with Gasteiger partial charge in [-0.1, -0.05) is 0 Å². The molecular formula is C14H12FN3O3S. The molecule has 1 aliphatic rings. The fourth-order valence-electron chi connectivity index (χ4n) is 2.83. The number of aromatic amines is 1. The molecule has 0 atom stereocenters. The van der Waals surface area contributed by atoms with Crippen LogP contribution in [0, 0.1) is 5.82 Å². The average molecular weight is 321 g/mol. The second-order valence-corrected chi connectivity index (χ2v) is 6.14. The first-order valence-electron chi connectivity index (χ1n) is 6.76. The number of benzene rings is 1. The van der Waals surface area contributed by atoms with Crippen LogP contribution in [0.5, 0.6) is 5.75 Å². The molecule has 0 unspecified atom stereocenters. The SMILES string of the molecule is COc1c(N)c(F)cc2c(=O)c3c(=O)[nH]sc3n(C3CC3)c12. The third kappa shape index (κ3) is 1.58. The highest BCUT2D eigenvalue weighted by molar-refractivity contribution is 7.12. The Morgan fingerprint density at radius 3 is 2.82 bits per heavy atom. The third-order valence-corrected chi connectivity index (χ3v) is 4.85. The van der Waals surface area contributed by atoms with Gasteiger partial charge in [-0.05, 0) is 30.4 Å². The summed E-state index contributed by atoms with van der Waals surface area (Å²) in [5, 5.41) is 0.183. The van der Waals surface area contributed by atoms with E-state index in [0.717, 1.165) is 30.4 Å². The van der Waals surface area contributed by atoms with E-state index >= 15 is 0 Å². The maximum absolute atomic E-state index is 14.0. The van der Waals surface area contributed by atoms with Crippen LogP contribution in [0.15, 0.2) is 15.7 Å². The maximum Gasteiger partial charge on any atom is 0.271 e. The van der Waals surface area contributed by atoms with Crippen molar-refractivity contribution in [3.63, 3.8) is 0 Å². The number of hydrogen-bond donors (Lipinski definition) is 2. The Hall–Kier alpha value is -2.35. The van der Waals surface area contributed by atoms with Crippen molar-refractivity contribution in [2.24, 2.45) is 0 Å². The number of nitrogens with zero attached hydrogens (tertiary/aromatic N) is 1. The van der Waals surface area contributed by atoms with Gasteiger partial charge in [-0.15, -0.1) is 0 Å². The van der Waals surface area contributed by atoms with Gasteiger partial charge in [0.25, 0.3) is 5.56 Å². The summed E-state index contributed by atoms with van der Waals surface area (Å²) in [6.45, 7) is 0. The van der Waals surface area contributed by atoms with Crippen molar-refractivity contribution in [1.82, 2.24) is 8.94 Å².